The van der Waals surface area contributed by atoms with Crippen LogP contribution in [0.5, 0.6) is 0 Å². The van der Waals surface area contributed by atoms with Gasteiger partial charge in [0.1, 0.15) is 0 Å². The van der Waals surface area contributed by atoms with Gasteiger partial charge in [-0.05, 0) is 32.7 Å². The third-order valence-electron chi connectivity index (χ3n) is 4.21. The fourth-order valence-corrected chi connectivity index (χ4v) is 2.96. The second-order valence-corrected chi connectivity index (χ2v) is 5.54. The van der Waals surface area contributed by atoms with Gasteiger partial charge in [-0.15, -0.1) is 0 Å². The lowest BCUT2D eigenvalue weighted by Gasteiger charge is -2.36. The SMILES string of the molecule is CN[C@H]1CCCN(C(=O)C2CCC(F)(F)CC2)C1. The van der Waals surface area contributed by atoms with Crippen LogP contribution in [0, 0.1) is 5.92 Å². The molecule has 1 N–H and O–H groups in total. The first-order valence-electron chi connectivity index (χ1n) is 6.86. The zero-order valence-corrected chi connectivity index (χ0v) is 10.9. The molecule has 1 saturated carbocycles. The zero-order chi connectivity index (χ0) is 13.2. The van der Waals surface area contributed by atoms with Crippen molar-refractivity contribution in [1.82, 2.24) is 10.2 Å². The number of hydrogen-bond donors (Lipinski definition) is 1. The molecule has 0 bridgehead atoms. The van der Waals surface area contributed by atoms with Crippen LogP contribution < -0.4 is 5.32 Å². The van der Waals surface area contributed by atoms with E-state index in [4.69, 9.17) is 0 Å². The Balaban J connectivity index is 1.87. The van der Waals surface area contributed by atoms with Crippen molar-refractivity contribution in [2.75, 3.05) is 20.1 Å². The molecule has 3 nitrogen and oxygen atoms in total. The number of nitrogens with zero attached hydrogens (tertiary/aromatic N) is 1. The summed E-state index contributed by atoms with van der Waals surface area (Å²) in [7, 11) is 1.90. The Kier molecular flexibility index (Phi) is 4.20. The number of carbonyl (C=O) groups excluding carboxylic acids is 1. The second kappa shape index (κ2) is 5.51. The Hall–Kier alpha value is -0.710. The van der Waals surface area contributed by atoms with Gasteiger partial charge >= 0.3 is 0 Å². The lowest BCUT2D eigenvalue weighted by atomic mass is 9.85. The molecule has 1 aliphatic carbocycles. The van der Waals surface area contributed by atoms with Crippen LogP contribution in [0.15, 0.2) is 0 Å². The first-order valence-corrected chi connectivity index (χ1v) is 6.86. The molecule has 1 saturated heterocycles. The van der Waals surface area contributed by atoms with Crippen molar-refractivity contribution >= 4 is 5.91 Å². The summed E-state index contributed by atoms with van der Waals surface area (Å²) in [6, 6.07) is 0.354. The number of halogens is 2. The number of alkyl halides is 2. The van der Waals surface area contributed by atoms with E-state index in [-0.39, 0.29) is 24.7 Å². The van der Waals surface area contributed by atoms with E-state index in [1.165, 1.54) is 0 Å². The molecule has 1 heterocycles. The van der Waals surface area contributed by atoms with E-state index in [0.29, 0.717) is 18.9 Å². The predicted molar refractivity (Wildman–Crippen MR) is 65.6 cm³/mol. The summed E-state index contributed by atoms with van der Waals surface area (Å²) in [6.07, 6.45) is 2.50. The molecule has 2 fully saturated rings. The van der Waals surface area contributed by atoms with Gasteiger partial charge < -0.3 is 10.2 Å². The van der Waals surface area contributed by atoms with Crippen LogP contribution in [0.25, 0.3) is 0 Å². The molecule has 18 heavy (non-hydrogen) atoms. The van der Waals surface area contributed by atoms with Crippen LogP contribution >= 0.6 is 0 Å². The average Bonchev–Trinajstić information content (AvgIpc) is 2.38. The molecule has 0 spiro atoms. The molecule has 0 aromatic rings. The maximum absolute atomic E-state index is 13.1. The van der Waals surface area contributed by atoms with Crippen molar-refractivity contribution in [2.45, 2.75) is 50.5 Å². The summed E-state index contributed by atoms with van der Waals surface area (Å²) in [5.74, 6) is -2.64. The van der Waals surface area contributed by atoms with Crippen molar-refractivity contribution in [3.8, 4) is 0 Å². The Labute approximate surface area is 107 Å². The first kappa shape index (κ1) is 13.7. The largest absolute Gasteiger partial charge is 0.341 e. The molecule has 104 valence electrons. The van der Waals surface area contributed by atoms with Crippen LogP contribution in [0.2, 0.25) is 0 Å². The number of rotatable bonds is 2. The van der Waals surface area contributed by atoms with Crippen LogP contribution in [-0.4, -0.2) is 42.9 Å². The second-order valence-electron chi connectivity index (χ2n) is 5.54. The lowest BCUT2D eigenvalue weighted by molar-refractivity contribution is -0.141. The van der Waals surface area contributed by atoms with E-state index < -0.39 is 5.92 Å². The molecule has 0 aromatic carbocycles. The number of piperidine rings is 1. The maximum atomic E-state index is 13.1. The average molecular weight is 260 g/mol. The topological polar surface area (TPSA) is 32.3 Å². The van der Waals surface area contributed by atoms with Crippen LogP contribution in [0.3, 0.4) is 0 Å². The monoisotopic (exact) mass is 260 g/mol. The van der Waals surface area contributed by atoms with E-state index in [0.717, 1.165) is 25.9 Å². The summed E-state index contributed by atoms with van der Waals surface area (Å²) in [5.41, 5.74) is 0. The normalized spacial score (nSPS) is 29.3. The number of nitrogens with one attached hydrogen (secondary N) is 1. The number of hydrogen-bond acceptors (Lipinski definition) is 2. The molecule has 0 radical (unpaired) electrons. The molecular formula is C13H22F2N2O. The standard InChI is InChI=1S/C13H22F2N2O/c1-16-11-3-2-8-17(9-11)12(18)10-4-6-13(14,15)7-5-10/h10-11,16H,2-9H2,1H3/t11-/m0/s1. The van der Waals surface area contributed by atoms with Crippen LogP contribution in [0.4, 0.5) is 8.78 Å². The molecule has 2 rings (SSSR count). The van der Waals surface area contributed by atoms with Gasteiger partial charge in [-0.3, -0.25) is 4.79 Å². The summed E-state index contributed by atoms with van der Waals surface area (Å²) in [4.78, 5) is 14.1. The van der Waals surface area contributed by atoms with Crippen molar-refractivity contribution in [3.05, 3.63) is 0 Å². The molecule has 0 aromatic heterocycles. The Bertz CT molecular complexity index is 299. The van der Waals surface area contributed by atoms with E-state index in [1.54, 1.807) is 0 Å². The van der Waals surface area contributed by atoms with Gasteiger partial charge in [0.05, 0.1) is 0 Å². The van der Waals surface area contributed by atoms with Gasteiger partial charge in [-0.1, -0.05) is 0 Å². The van der Waals surface area contributed by atoms with Crippen molar-refractivity contribution in [2.24, 2.45) is 5.92 Å². The molecular weight excluding hydrogens is 238 g/mol. The van der Waals surface area contributed by atoms with E-state index in [2.05, 4.69) is 5.32 Å². The minimum atomic E-state index is -2.55. The van der Waals surface area contributed by atoms with Crippen molar-refractivity contribution in [1.29, 1.82) is 0 Å². The number of carbonyl (C=O) groups is 1. The van der Waals surface area contributed by atoms with E-state index in [9.17, 15) is 13.6 Å². The lowest BCUT2D eigenvalue weighted by Crippen LogP contribution is -2.49. The predicted octanol–water partition coefficient (Wildman–Crippen LogP) is 2.02. The molecule has 2 aliphatic rings. The molecule has 5 heteroatoms. The Morgan fingerprint density at radius 1 is 1.28 bits per heavy atom. The number of likely N-dealkylation sites (N-methyl/N-ethyl adjacent to an activating group) is 1. The summed E-state index contributed by atoms with van der Waals surface area (Å²) in [5, 5.41) is 3.19. The highest BCUT2D eigenvalue weighted by Crippen LogP contribution is 2.37. The molecule has 1 amide bonds. The highest BCUT2D eigenvalue weighted by atomic mass is 19.3. The van der Waals surface area contributed by atoms with Gasteiger partial charge in [-0.2, -0.15) is 0 Å². The molecule has 1 aliphatic heterocycles. The van der Waals surface area contributed by atoms with Crippen LogP contribution in [0.1, 0.15) is 38.5 Å². The van der Waals surface area contributed by atoms with Crippen molar-refractivity contribution in [3.63, 3.8) is 0 Å². The van der Waals surface area contributed by atoms with Gasteiger partial charge in [0.25, 0.3) is 0 Å². The van der Waals surface area contributed by atoms with Gasteiger partial charge in [0, 0.05) is 37.9 Å². The Morgan fingerprint density at radius 2 is 1.94 bits per heavy atom. The molecule has 0 unspecified atom stereocenters. The number of likely N-dealkylation sites (tertiary alicyclic amines) is 1. The van der Waals surface area contributed by atoms with Crippen LogP contribution in [-0.2, 0) is 4.79 Å². The van der Waals surface area contributed by atoms with E-state index in [1.807, 2.05) is 11.9 Å². The fraction of sp³-hybridized carbons (Fsp3) is 0.923. The smallest absolute Gasteiger partial charge is 0.248 e. The van der Waals surface area contributed by atoms with Crippen molar-refractivity contribution < 1.29 is 13.6 Å². The minimum Gasteiger partial charge on any atom is -0.341 e. The fourth-order valence-electron chi connectivity index (χ4n) is 2.96. The number of amides is 1. The third kappa shape index (κ3) is 3.19. The summed E-state index contributed by atoms with van der Waals surface area (Å²) >= 11 is 0. The highest BCUT2D eigenvalue weighted by molar-refractivity contribution is 5.79. The highest BCUT2D eigenvalue weighted by Gasteiger charge is 2.39. The first-order chi connectivity index (χ1) is 8.52. The Morgan fingerprint density at radius 3 is 2.56 bits per heavy atom. The van der Waals surface area contributed by atoms with Gasteiger partial charge in [0.15, 0.2) is 0 Å². The van der Waals surface area contributed by atoms with Gasteiger partial charge in [-0.25, -0.2) is 8.78 Å². The van der Waals surface area contributed by atoms with Gasteiger partial charge in [0.2, 0.25) is 11.8 Å². The summed E-state index contributed by atoms with van der Waals surface area (Å²) < 4.78 is 26.1. The summed E-state index contributed by atoms with van der Waals surface area (Å²) in [6.45, 7) is 1.51. The molecule has 1 atom stereocenters. The zero-order valence-electron chi connectivity index (χ0n) is 10.9. The quantitative estimate of drug-likeness (QED) is 0.824. The minimum absolute atomic E-state index is 0.0884. The van der Waals surface area contributed by atoms with E-state index >= 15 is 0 Å². The maximum Gasteiger partial charge on any atom is 0.248 e. The third-order valence-corrected chi connectivity index (χ3v) is 4.21.